The molecule has 0 aliphatic carbocycles. The van der Waals surface area contributed by atoms with E-state index in [4.69, 9.17) is 0 Å². The summed E-state index contributed by atoms with van der Waals surface area (Å²) in [5.74, 6) is 0. The summed E-state index contributed by atoms with van der Waals surface area (Å²) in [6.07, 6.45) is 0. The predicted octanol–water partition coefficient (Wildman–Crippen LogP) is 4.41. The SMILES string of the molecule is C=C(c1ccccc1C)c1c(C)cccc1NC. The van der Waals surface area contributed by atoms with Crippen LogP contribution in [0.5, 0.6) is 0 Å². The van der Waals surface area contributed by atoms with E-state index >= 15 is 0 Å². The quantitative estimate of drug-likeness (QED) is 0.834. The molecule has 0 heterocycles. The van der Waals surface area contributed by atoms with Crippen LogP contribution in [-0.2, 0) is 0 Å². The molecule has 0 fully saturated rings. The van der Waals surface area contributed by atoms with Crippen molar-refractivity contribution in [2.24, 2.45) is 0 Å². The molecule has 0 amide bonds. The highest BCUT2D eigenvalue weighted by Gasteiger charge is 2.11. The van der Waals surface area contributed by atoms with Gasteiger partial charge in [0.2, 0.25) is 0 Å². The maximum absolute atomic E-state index is 4.29. The topological polar surface area (TPSA) is 12.0 Å². The van der Waals surface area contributed by atoms with Gasteiger partial charge in [-0.3, -0.25) is 0 Å². The first kappa shape index (κ1) is 12.4. The first-order valence-corrected chi connectivity index (χ1v) is 6.17. The average molecular weight is 237 g/mol. The van der Waals surface area contributed by atoms with Crippen LogP contribution in [0.15, 0.2) is 49.0 Å². The van der Waals surface area contributed by atoms with Crippen LogP contribution < -0.4 is 5.32 Å². The van der Waals surface area contributed by atoms with Gasteiger partial charge in [0.05, 0.1) is 0 Å². The molecule has 0 aliphatic heterocycles. The van der Waals surface area contributed by atoms with Crippen LogP contribution >= 0.6 is 0 Å². The molecule has 0 atom stereocenters. The van der Waals surface area contributed by atoms with E-state index in [2.05, 4.69) is 68.2 Å². The summed E-state index contributed by atoms with van der Waals surface area (Å²) in [6.45, 7) is 8.53. The lowest BCUT2D eigenvalue weighted by atomic mass is 9.92. The zero-order valence-corrected chi connectivity index (χ0v) is 11.2. The zero-order valence-electron chi connectivity index (χ0n) is 11.2. The van der Waals surface area contributed by atoms with Gasteiger partial charge in [0.25, 0.3) is 0 Å². The van der Waals surface area contributed by atoms with E-state index in [9.17, 15) is 0 Å². The third kappa shape index (κ3) is 2.17. The Kier molecular flexibility index (Phi) is 3.52. The van der Waals surface area contributed by atoms with Crippen LogP contribution in [0.2, 0.25) is 0 Å². The minimum atomic E-state index is 1.08. The number of hydrogen-bond donors (Lipinski definition) is 1. The molecule has 2 aromatic carbocycles. The first-order chi connectivity index (χ1) is 8.65. The van der Waals surface area contributed by atoms with E-state index in [1.807, 2.05) is 7.05 Å². The van der Waals surface area contributed by atoms with Crippen molar-refractivity contribution in [3.63, 3.8) is 0 Å². The highest BCUT2D eigenvalue weighted by Crippen LogP contribution is 2.32. The molecule has 0 aromatic heterocycles. The third-order valence-corrected chi connectivity index (χ3v) is 3.31. The number of hydrogen-bond acceptors (Lipinski definition) is 1. The summed E-state index contributed by atoms with van der Waals surface area (Å²) in [5, 5.41) is 3.25. The molecular formula is C17H19N. The van der Waals surface area contributed by atoms with Gasteiger partial charge in [-0.25, -0.2) is 0 Å². The van der Waals surface area contributed by atoms with Gasteiger partial charge in [-0.15, -0.1) is 0 Å². The fraction of sp³-hybridized carbons (Fsp3) is 0.176. The molecule has 1 nitrogen and oxygen atoms in total. The first-order valence-electron chi connectivity index (χ1n) is 6.17. The molecule has 18 heavy (non-hydrogen) atoms. The molecule has 0 spiro atoms. The van der Waals surface area contributed by atoms with Crippen LogP contribution in [0, 0.1) is 13.8 Å². The predicted molar refractivity (Wildman–Crippen MR) is 80.0 cm³/mol. The van der Waals surface area contributed by atoms with Gasteiger partial charge in [0, 0.05) is 18.3 Å². The lowest BCUT2D eigenvalue weighted by molar-refractivity contribution is 1.36. The highest BCUT2D eigenvalue weighted by molar-refractivity contribution is 5.87. The van der Waals surface area contributed by atoms with Gasteiger partial charge >= 0.3 is 0 Å². The third-order valence-electron chi connectivity index (χ3n) is 3.31. The molecule has 0 saturated heterocycles. The van der Waals surface area contributed by atoms with Crippen LogP contribution in [0.3, 0.4) is 0 Å². The van der Waals surface area contributed by atoms with Gasteiger partial charge in [0.1, 0.15) is 0 Å². The highest BCUT2D eigenvalue weighted by atomic mass is 14.8. The van der Waals surface area contributed by atoms with Crippen molar-refractivity contribution >= 4 is 11.3 Å². The Hall–Kier alpha value is -2.02. The maximum atomic E-state index is 4.29. The second-order valence-electron chi connectivity index (χ2n) is 4.54. The van der Waals surface area contributed by atoms with E-state index in [1.54, 1.807) is 0 Å². The summed E-state index contributed by atoms with van der Waals surface area (Å²) in [7, 11) is 1.95. The Labute approximate surface area is 109 Å². The summed E-state index contributed by atoms with van der Waals surface area (Å²) in [5.41, 5.74) is 7.12. The maximum Gasteiger partial charge on any atom is 0.0419 e. The summed E-state index contributed by atoms with van der Waals surface area (Å²) >= 11 is 0. The molecule has 92 valence electrons. The van der Waals surface area contributed by atoms with E-state index in [0.29, 0.717) is 0 Å². The Balaban J connectivity index is 2.56. The van der Waals surface area contributed by atoms with E-state index in [-0.39, 0.29) is 0 Å². The van der Waals surface area contributed by atoms with E-state index in [0.717, 1.165) is 11.3 Å². The number of rotatable bonds is 3. The van der Waals surface area contributed by atoms with Gasteiger partial charge < -0.3 is 5.32 Å². The van der Waals surface area contributed by atoms with Crippen LogP contribution in [0.25, 0.3) is 5.57 Å². The van der Waals surface area contributed by atoms with Crippen LogP contribution in [0.1, 0.15) is 22.3 Å². The van der Waals surface area contributed by atoms with E-state index < -0.39 is 0 Å². The van der Waals surface area contributed by atoms with Crippen molar-refractivity contribution in [2.45, 2.75) is 13.8 Å². The number of aryl methyl sites for hydroxylation is 2. The molecule has 1 heteroatoms. The Morgan fingerprint density at radius 2 is 1.61 bits per heavy atom. The number of benzene rings is 2. The summed E-state index contributed by atoms with van der Waals surface area (Å²) in [4.78, 5) is 0. The van der Waals surface area contributed by atoms with Crippen molar-refractivity contribution in [3.8, 4) is 0 Å². The molecule has 0 radical (unpaired) electrons. The minimum Gasteiger partial charge on any atom is -0.388 e. The standard InChI is InChI=1S/C17H19N/c1-12-8-5-6-10-15(12)14(3)17-13(2)9-7-11-16(17)18-4/h5-11,18H,3H2,1-2,4H3. The van der Waals surface area contributed by atoms with Crippen molar-refractivity contribution in [1.82, 2.24) is 0 Å². The smallest absolute Gasteiger partial charge is 0.0419 e. The summed E-state index contributed by atoms with van der Waals surface area (Å²) in [6, 6.07) is 14.6. The Bertz CT molecular complexity index is 582. The van der Waals surface area contributed by atoms with Crippen LogP contribution in [-0.4, -0.2) is 7.05 Å². The molecular weight excluding hydrogens is 218 g/mol. The molecule has 0 aliphatic rings. The van der Waals surface area contributed by atoms with Crippen LogP contribution in [0.4, 0.5) is 5.69 Å². The molecule has 0 unspecified atom stereocenters. The fourth-order valence-corrected chi connectivity index (χ4v) is 2.32. The average Bonchev–Trinajstić information content (AvgIpc) is 2.38. The monoisotopic (exact) mass is 237 g/mol. The molecule has 1 N–H and O–H groups in total. The largest absolute Gasteiger partial charge is 0.388 e. The Morgan fingerprint density at radius 1 is 0.944 bits per heavy atom. The van der Waals surface area contributed by atoms with Crippen molar-refractivity contribution in [3.05, 3.63) is 71.3 Å². The van der Waals surface area contributed by atoms with Gasteiger partial charge in [-0.2, -0.15) is 0 Å². The lowest BCUT2D eigenvalue weighted by Gasteiger charge is -2.16. The zero-order chi connectivity index (χ0) is 13.1. The normalized spacial score (nSPS) is 10.2. The molecule has 0 bridgehead atoms. The van der Waals surface area contributed by atoms with Crippen molar-refractivity contribution < 1.29 is 0 Å². The molecule has 2 rings (SSSR count). The number of anilines is 1. The van der Waals surface area contributed by atoms with Gasteiger partial charge in [0.15, 0.2) is 0 Å². The molecule has 0 saturated carbocycles. The lowest BCUT2D eigenvalue weighted by Crippen LogP contribution is -1.99. The van der Waals surface area contributed by atoms with Crippen molar-refractivity contribution in [2.75, 3.05) is 12.4 Å². The fourth-order valence-electron chi connectivity index (χ4n) is 2.32. The van der Waals surface area contributed by atoms with Crippen molar-refractivity contribution in [1.29, 1.82) is 0 Å². The summed E-state index contributed by atoms with van der Waals surface area (Å²) < 4.78 is 0. The second kappa shape index (κ2) is 5.09. The molecule has 2 aromatic rings. The van der Waals surface area contributed by atoms with Gasteiger partial charge in [-0.05, 0) is 42.2 Å². The minimum absolute atomic E-state index is 1.08. The Morgan fingerprint density at radius 3 is 2.28 bits per heavy atom. The van der Waals surface area contributed by atoms with E-state index in [1.165, 1.54) is 22.3 Å². The van der Waals surface area contributed by atoms with Gasteiger partial charge in [-0.1, -0.05) is 43.0 Å². The number of nitrogens with one attached hydrogen (secondary N) is 1. The second-order valence-corrected chi connectivity index (χ2v) is 4.54.